The van der Waals surface area contributed by atoms with Gasteiger partial charge in [-0.15, -0.1) is 0 Å². The van der Waals surface area contributed by atoms with Crippen LogP contribution in [0.25, 0.3) is 0 Å². The van der Waals surface area contributed by atoms with Crippen LogP contribution in [0.4, 0.5) is 21.9 Å². The number of hydrogen-bond acceptors (Lipinski definition) is 7. The summed E-state index contributed by atoms with van der Waals surface area (Å²) in [6.07, 6.45) is 0. The lowest BCUT2D eigenvalue weighted by Crippen LogP contribution is -2.50. The summed E-state index contributed by atoms with van der Waals surface area (Å²) in [6, 6.07) is 9.66. The third-order valence-electron chi connectivity index (χ3n) is 4.90. The number of piperazine rings is 1. The van der Waals surface area contributed by atoms with Crippen LogP contribution in [0.3, 0.4) is 0 Å². The highest BCUT2D eigenvalue weighted by Gasteiger charge is 2.26. The fourth-order valence-electron chi connectivity index (χ4n) is 3.39. The number of para-hydroxylation sites is 2. The van der Waals surface area contributed by atoms with Gasteiger partial charge in [-0.1, -0.05) is 12.1 Å². The zero-order valence-corrected chi connectivity index (χ0v) is 17.1. The summed E-state index contributed by atoms with van der Waals surface area (Å²) in [6.45, 7) is 1.85. The van der Waals surface area contributed by atoms with Crippen LogP contribution in [-0.2, 0) is 0 Å². The number of amides is 2. The molecule has 3 rings (SSSR count). The highest BCUT2D eigenvalue weighted by Crippen LogP contribution is 2.40. The van der Waals surface area contributed by atoms with Gasteiger partial charge < -0.3 is 29.3 Å². The van der Waals surface area contributed by atoms with E-state index in [-0.39, 0.29) is 11.7 Å². The van der Waals surface area contributed by atoms with E-state index in [1.807, 2.05) is 4.90 Å². The van der Waals surface area contributed by atoms with Crippen molar-refractivity contribution in [3.63, 3.8) is 0 Å². The Morgan fingerprint density at radius 1 is 1.00 bits per heavy atom. The molecule has 0 saturated carbocycles. The lowest BCUT2D eigenvalue weighted by molar-refractivity contribution is -0.384. The molecule has 0 atom stereocenters. The molecule has 1 heterocycles. The van der Waals surface area contributed by atoms with Crippen molar-refractivity contribution in [2.24, 2.45) is 0 Å². The number of ether oxygens (including phenoxy) is 3. The number of rotatable bonds is 6. The molecule has 0 aromatic heterocycles. The first-order chi connectivity index (χ1) is 14.5. The molecular weight excluding hydrogens is 392 g/mol. The number of nitrogens with zero attached hydrogens (tertiary/aromatic N) is 3. The average molecular weight is 416 g/mol. The third kappa shape index (κ3) is 4.32. The van der Waals surface area contributed by atoms with Crippen molar-refractivity contribution in [2.75, 3.05) is 57.7 Å². The van der Waals surface area contributed by atoms with Crippen LogP contribution in [-0.4, -0.2) is 63.4 Å². The summed E-state index contributed by atoms with van der Waals surface area (Å²) in [5, 5.41) is 14.1. The van der Waals surface area contributed by atoms with Crippen molar-refractivity contribution in [2.45, 2.75) is 0 Å². The minimum atomic E-state index is -0.390. The van der Waals surface area contributed by atoms with Gasteiger partial charge in [0.05, 0.1) is 31.9 Å². The molecule has 1 aliphatic heterocycles. The second kappa shape index (κ2) is 9.21. The number of carbonyl (C=O) groups excluding carboxylic acids is 1. The van der Waals surface area contributed by atoms with Crippen LogP contribution >= 0.6 is 0 Å². The van der Waals surface area contributed by atoms with Gasteiger partial charge in [-0.2, -0.15) is 0 Å². The summed E-state index contributed by atoms with van der Waals surface area (Å²) in [5.74, 6) is 1.32. The summed E-state index contributed by atoms with van der Waals surface area (Å²) < 4.78 is 15.9. The summed E-state index contributed by atoms with van der Waals surface area (Å²) >= 11 is 0. The molecule has 2 aromatic carbocycles. The molecule has 0 unspecified atom stereocenters. The third-order valence-corrected chi connectivity index (χ3v) is 4.90. The zero-order valence-electron chi connectivity index (χ0n) is 17.1. The maximum atomic E-state index is 12.7. The van der Waals surface area contributed by atoms with Crippen LogP contribution in [0, 0.1) is 10.1 Å². The number of anilines is 2. The highest BCUT2D eigenvalue weighted by molar-refractivity contribution is 5.90. The molecule has 2 amide bonds. The van der Waals surface area contributed by atoms with E-state index in [0.29, 0.717) is 54.8 Å². The van der Waals surface area contributed by atoms with Crippen LogP contribution in [0.5, 0.6) is 17.2 Å². The Bertz CT molecular complexity index is 902. The Labute approximate surface area is 174 Å². The lowest BCUT2D eigenvalue weighted by atomic mass is 10.2. The predicted molar refractivity (Wildman–Crippen MR) is 112 cm³/mol. The van der Waals surface area contributed by atoms with Crippen molar-refractivity contribution in [3.05, 3.63) is 46.5 Å². The van der Waals surface area contributed by atoms with E-state index < -0.39 is 4.92 Å². The maximum Gasteiger partial charge on any atom is 0.321 e. The fourth-order valence-corrected chi connectivity index (χ4v) is 3.39. The molecule has 0 aliphatic carbocycles. The number of urea groups is 1. The summed E-state index contributed by atoms with van der Waals surface area (Å²) in [7, 11) is 4.52. The topological polar surface area (TPSA) is 106 Å². The molecule has 1 saturated heterocycles. The highest BCUT2D eigenvalue weighted by atomic mass is 16.6. The molecule has 10 nitrogen and oxygen atoms in total. The number of benzene rings is 2. The Balaban J connectivity index is 1.67. The average Bonchev–Trinajstić information content (AvgIpc) is 2.78. The Kier molecular flexibility index (Phi) is 6.45. The number of nitro groups is 1. The van der Waals surface area contributed by atoms with Gasteiger partial charge in [-0.05, 0) is 6.07 Å². The Morgan fingerprint density at radius 3 is 2.13 bits per heavy atom. The van der Waals surface area contributed by atoms with Crippen molar-refractivity contribution >= 4 is 23.1 Å². The molecule has 160 valence electrons. The monoisotopic (exact) mass is 416 g/mol. The van der Waals surface area contributed by atoms with Gasteiger partial charge in [-0.25, -0.2) is 4.79 Å². The van der Waals surface area contributed by atoms with Crippen LogP contribution in [0.15, 0.2) is 36.4 Å². The first-order valence-corrected chi connectivity index (χ1v) is 9.32. The minimum Gasteiger partial charge on any atom is -0.493 e. The number of carbonyl (C=O) groups is 1. The SMILES string of the molecule is COc1cc(NC(=O)N2CCN(c3ccccc3[N+](=O)[O-])CC2)cc(OC)c1OC. The molecule has 0 spiro atoms. The van der Waals surface area contributed by atoms with Gasteiger partial charge in [-0.3, -0.25) is 10.1 Å². The van der Waals surface area contributed by atoms with Crippen molar-refractivity contribution in [1.82, 2.24) is 4.90 Å². The van der Waals surface area contributed by atoms with Gasteiger partial charge >= 0.3 is 6.03 Å². The van der Waals surface area contributed by atoms with Gasteiger partial charge in [0.2, 0.25) is 5.75 Å². The standard InChI is InChI=1S/C20H24N4O6/c1-28-17-12-14(13-18(29-2)19(17)30-3)21-20(25)23-10-8-22(9-11-23)15-6-4-5-7-16(15)24(26)27/h4-7,12-13H,8-11H2,1-3H3,(H,21,25). The normalized spacial score (nSPS) is 13.6. The predicted octanol–water partition coefficient (Wildman–Crippen LogP) is 2.97. The van der Waals surface area contributed by atoms with E-state index >= 15 is 0 Å². The van der Waals surface area contributed by atoms with E-state index in [1.165, 1.54) is 27.4 Å². The molecule has 1 N–H and O–H groups in total. The summed E-state index contributed by atoms with van der Waals surface area (Å²) in [4.78, 5) is 27.2. The van der Waals surface area contributed by atoms with Gasteiger partial charge in [0.1, 0.15) is 5.69 Å². The second-order valence-electron chi connectivity index (χ2n) is 6.56. The van der Waals surface area contributed by atoms with Crippen LogP contribution in [0.2, 0.25) is 0 Å². The van der Waals surface area contributed by atoms with E-state index in [2.05, 4.69) is 5.32 Å². The van der Waals surface area contributed by atoms with Gasteiger partial charge in [0.15, 0.2) is 11.5 Å². The first kappa shape index (κ1) is 21.0. The zero-order chi connectivity index (χ0) is 21.7. The molecule has 0 radical (unpaired) electrons. The maximum absolute atomic E-state index is 12.7. The molecule has 0 bridgehead atoms. The number of hydrogen-bond donors (Lipinski definition) is 1. The summed E-state index contributed by atoms with van der Waals surface area (Å²) in [5.41, 5.74) is 1.13. The van der Waals surface area contributed by atoms with E-state index in [1.54, 1.807) is 35.2 Å². The van der Waals surface area contributed by atoms with Crippen molar-refractivity contribution < 1.29 is 23.9 Å². The van der Waals surface area contributed by atoms with E-state index in [9.17, 15) is 14.9 Å². The molecule has 1 fully saturated rings. The van der Waals surface area contributed by atoms with E-state index in [4.69, 9.17) is 14.2 Å². The second-order valence-corrected chi connectivity index (χ2v) is 6.56. The molecule has 2 aromatic rings. The number of nitro benzene ring substituents is 1. The van der Waals surface area contributed by atoms with Crippen molar-refractivity contribution in [1.29, 1.82) is 0 Å². The largest absolute Gasteiger partial charge is 0.493 e. The van der Waals surface area contributed by atoms with E-state index in [0.717, 1.165) is 0 Å². The Morgan fingerprint density at radius 2 is 1.60 bits per heavy atom. The lowest BCUT2D eigenvalue weighted by Gasteiger charge is -2.35. The smallest absolute Gasteiger partial charge is 0.321 e. The van der Waals surface area contributed by atoms with Crippen LogP contribution < -0.4 is 24.4 Å². The Hall–Kier alpha value is -3.69. The van der Waals surface area contributed by atoms with Gasteiger partial charge in [0.25, 0.3) is 5.69 Å². The number of methoxy groups -OCH3 is 3. The molecule has 1 aliphatic rings. The van der Waals surface area contributed by atoms with Crippen LogP contribution in [0.1, 0.15) is 0 Å². The molecular formula is C20H24N4O6. The minimum absolute atomic E-state index is 0.0628. The fraction of sp³-hybridized carbons (Fsp3) is 0.350. The first-order valence-electron chi connectivity index (χ1n) is 9.32. The molecule has 30 heavy (non-hydrogen) atoms. The molecule has 10 heteroatoms. The van der Waals surface area contributed by atoms with Crippen molar-refractivity contribution in [3.8, 4) is 17.2 Å². The number of nitrogens with one attached hydrogen (secondary N) is 1. The quantitative estimate of drug-likeness (QED) is 0.570. The van der Waals surface area contributed by atoms with Gasteiger partial charge in [0, 0.05) is 44.4 Å².